The molecule has 156 valence electrons. The van der Waals surface area contributed by atoms with E-state index in [0.29, 0.717) is 24.5 Å². The number of ether oxygens (including phenoxy) is 1. The third-order valence-corrected chi connectivity index (χ3v) is 5.08. The fourth-order valence-corrected chi connectivity index (χ4v) is 3.63. The van der Waals surface area contributed by atoms with Gasteiger partial charge in [0.05, 0.1) is 24.0 Å². The van der Waals surface area contributed by atoms with Crippen LogP contribution in [0.2, 0.25) is 0 Å². The number of aromatic nitrogens is 2. The molecule has 3 aromatic rings. The zero-order chi connectivity index (χ0) is 21.3. The second-order valence-electron chi connectivity index (χ2n) is 6.98. The number of hydrogen-bond donors (Lipinski definition) is 0. The lowest BCUT2D eigenvalue weighted by Gasteiger charge is -2.32. The highest BCUT2D eigenvalue weighted by molar-refractivity contribution is 5.66. The molecule has 1 fully saturated rings. The maximum absolute atomic E-state index is 14.0. The first-order valence-corrected chi connectivity index (χ1v) is 9.32. The molecule has 10 heteroatoms. The van der Waals surface area contributed by atoms with Crippen molar-refractivity contribution < 1.29 is 23.0 Å². The van der Waals surface area contributed by atoms with Gasteiger partial charge in [-0.25, -0.2) is 8.78 Å². The Balaban J connectivity index is 1.61. The van der Waals surface area contributed by atoms with Crippen LogP contribution in [0.15, 0.2) is 40.9 Å². The van der Waals surface area contributed by atoms with Crippen molar-refractivity contribution >= 4 is 11.4 Å². The minimum Gasteiger partial charge on any atom is -0.494 e. The minimum atomic E-state index is -0.793. The molecule has 1 aliphatic rings. The first kappa shape index (κ1) is 19.7. The monoisotopic (exact) mass is 416 g/mol. The Morgan fingerprint density at radius 1 is 1.30 bits per heavy atom. The van der Waals surface area contributed by atoms with Gasteiger partial charge in [-0.2, -0.15) is 4.98 Å². The summed E-state index contributed by atoms with van der Waals surface area (Å²) in [5.74, 6) is -0.793. The van der Waals surface area contributed by atoms with Crippen molar-refractivity contribution in [2.45, 2.75) is 18.8 Å². The van der Waals surface area contributed by atoms with Crippen molar-refractivity contribution in [1.29, 1.82) is 0 Å². The number of rotatable bonds is 5. The molecule has 4 rings (SSSR count). The van der Waals surface area contributed by atoms with E-state index in [2.05, 4.69) is 10.1 Å². The van der Waals surface area contributed by atoms with Gasteiger partial charge in [-0.1, -0.05) is 17.3 Å². The molecule has 0 amide bonds. The Labute approximate surface area is 170 Å². The molecular weight excluding hydrogens is 398 g/mol. The summed E-state index contributed by atoms with van der Waals surface area (Å²) >= 11 is 0. The summed E-state index contributed by atoms with van der Waals surface area (Å²) in [6.07, 6.45) is 1.46. The van der Waals surface area contributed by atoms with E-state index >= 15 is 0 Å². The number of nitro groups is 1. The maximum Gasteiger partial charge on any atom is 0.295 e. The average Bonchev–Trinajstić information content (AvgIpc) is 3.24. The number of piperidine rings is 1. The molecule has 0 saturated carbocycles. The van der Waals surface area contributed by atoms with Gasteiger partial charge < -0.3 is 14.2 Å². The molecule has 1 aromatic heterocycles. The number of nitro benzene ring substituents is 1. The molecule has 2 aromatic carbocycles. The smallest absolute Gasteiger partial charge is 0.295 e. The highest BCUT2D eigenvalue weighted by Gasteiger charge is 2.31. The van der Waals surface area contributed by atoms with Crippen LogP contribution in [0.1, 0.15) is 24.7 Å². The van der Waals surface area contributed by atoms with Gasteiger partial charge in [0, 0.05) is 24.7 Å². The van der Waals surface area contributed by atoms with Gasteiger partial charge in [0.2, 0.25) is 11.7 Å². The van der Waals surface area contributed by atoms with Crippen LogP contribution < -0.4 is 9.64 Å². The summed E-state index contributed by atoms with van der Waals surface area (Å²) in [6, 6.07) is 8.08. The van der Waals surface area contributed by atoms with Crippen LogP contribution in [0, 0.1) is 21.7 Å². The molecule has 0 spiro atoms. The van der Waals surface area contributed by atoms with Crippen LogP contribution in [0.5, 0.6) is 5.75 Å². The zero-order valence-corrected chi connectivity index (χ0v) is 16.0. The lowest BCUT2D eigenvalue weighted by Crippen LogP contribution is -2.35. The van der Waals surface area contributed by atoms with Crippen molar-refractivity contribution in [2.75, 3.05) is 25.1 Å². The second kappa shape index (κ2) is 8.05. The van der Waals surface area contributed by atoms with Gasteiger partial charge in [0.1, 0.15) is 11.5 Å². The molecule has 30 heavy (non-hydrogen) atoms. The number of anilines is 1. The van der Waals surface area contributed by atoms with E-state index in [4.69, 9.17) is 9.26 Å². The first-order valence-electron chi connectivity index (χ1n) is 9.32. The fraction of sp³-hybridized carbons (Fsp3) is 0.300. The predicted octanol–water partition coefficient (Wildman–Crippen LogP) is 4.32. The normalized spacial score (nSPS) is 16.5. The Kier molecular flexibility index (Phi) is 5.30. The molecule has 0 bridgehead atoms. The molecule has 0 aliphatic carbocycles. The summed E-state index contributed by atoms with van der Waals surface area (Å²) in [7, 11) is 1.30. The standard InChI is InChI=1S/C20H18F2N4O4/c1-29-18-10-16(17(26(27)28)9-15(18)22)25-7-3-5-13(11-25)20-23-19(24-30-20)12-4-2-6-14(21)8-12/h2,4,6,8-10,13H,3,5,7,11H2,1H3. The van der Waals surface area contributed by atoms with Crippen LogP contribution in [0.25, 0.3) is 11.4 Å². The Bertz CT molecular complexity index is 1090. The van der Waals surface area contributed by atoms with Gasteiger partial charge in [-0.3, -0.25) is 10.1 Å². The maximum atomic E-state index is 14.0. The molecule has 1 atom stereocenters. The average molecular weight is 416 g/mol. The number of halogens is 2. The van der Waals surface area contributed by atoms with Gasteiger partial charge in [0.15, 0.2) is 11.6 Å². The molecule has 8 nitrogen and oxygen atoms in total. The summed E-state index contributed by atoms with van der Waals surface area (Å²) in [6.45, 7) is 0.928. The summed E-state index contributed by atoms with van der Waals surface area (Å²) in [4.78, 5) is 17.0. The number of nitrogens with zero attached hydrogens (tertiary/aromatic N) is 4. The highest BCUT2D eigenvalue weighted by Crippen LogP contribution is 2.38. The van der Waals surface area contributed by atoms with Crippen LogP contribution in [0.3, 0.4) is 0 Å². The van der Waals surface area contributed by atoms with Crippen molar-refractivity contribution in [3.8, 4) is 17.1 Å². The van der Waals surface area contributed by atoms with Crippen LogP contribution >= 0.6 is 0 Å². The summed E-state index contributed by atoms with van der Waals surface area (Å²) in [5, 5.41) is 15.4. The van der Waals surface area contributed by atoms with E-state index in [1.807, 2.05) is 0 Å². The van der Waals surface area contributed by atoms with E-state index in [1.54, 1.807) is 17.0 Å². The molecule has 2 heterocycles. The van der Waals surface area contributed by atoms with Crippen LogP contribution in [0.4, 0.5) is 20.2 Å². The highest BCUT2D eigenvalue weighted by atomic mass is 19.1. The minimum absolute atomic E-state index is 0.0658. The summed E-state index contributed by atoms with van der Waals surface area (Å²) < 4.78 is 37.8. The number of hydrogen-bond acceptors (Lipinski definition) is 7. The van der Waals surface area contributed by atoms with E-state index in [9.17, 15) is 18.9 Å². The van der Waals surface area contributed by atoms with E-state index < -0.39 is 16.6 Å². The van der Waals surface area contributed by atoms with E-state index in [1.165, 1.54) is 25.3 Å². The second-order valence-corrected chi connectivity index (χ2v) is 6.98. The number of methoxy groups -OCH3 is 1. The topological polar surface area (TPSA) is 94.5 Å². The predicted molar refractivity (Wildman–Crippen MR) is 103 cm³/mol. The number of benzene rings is 2. The Morgan fingerprint density at radius 2 is 2.13 bits per heavy atom. The molecule has 0 N–H and O–H groups in total. The molecule has 1 unspecified atom stereocenters. The van der Waals surface area contributed by atoms with Gasteiger partial charge in [0.25, 0.3) is 5.69 Å². The van der Waals surface area contributed by atoms with Crippen molar-refractivity contribution in [3.63, 3.8) is 0 Å². The molecule has 0 radical (unpaired) electrons. The van der Waals surface area contributed by atoms with E-state index in [0.717, 1.165) is 18.9 Å². The van der Waals surface area contributed by atoms with Gasteiger partial charge >= 0.3 is 0 Å². The largest absolute Gasteiger partial charge is 0.494 e. The lowest BCUT2D eigenvalue weighted by molar-refractivity contribution is -0.384. The van der Waals surface area contributed by atoms with Crippen LogP contribution in [-0.2, 0) is 0 Å². The van der Waals surface area contributed by atoms with Gasteiger partial charge in [-0.15, -0.1) is 0 Å². The third-order valence-electron chi connectivity index (χ3n) is 5.08. The SMILES string of the molecule is COc1cc(N2CCCC(c3nc(-c4cccc(F)c4)no3)C2)c([N+](=O)[O-])cc1F. The molecular formula is C20H18F2N4O4. The molecule has 1 aliphatic heterocycles. The quantitative estimate of drug-likeness (QED) is 0.452. The zero-order valence-electron chi connectivity index (χ0n) is 16.0. The molecule has 1 saturated heterocycles. The lowest BCUT2D eigenvalue weighted by atomic mass is 9.97. The Morgan fingerprint density at radius 3 is 2.87 bits per heavy atom. The van der Waals surface area contributed by atoms with Crippen LogP contribution in [-0.4, -0.2) is 35.3 Å². The first-order chi connectivity index (χ1) is 14.5. The Hall–Kier alpha value is -3.56. The van der Waals surface area contributed by atoms with E-state index in [-0.39, 0.29) is 28.9 Å². The fourth-order valence-electron chi connectivity index (χ4n) is 3.63. The summed E-state index contributed by atoms with van der Waals surface area (Å²) in [5.41, 5.74) is 0.435. The van der Waals surface area contributed by atoms with Crippen molar-refractivity contribution in [3.05, 3.63) is 64.0 Å². The van der Waals surface area contributed by atoms with Gasteiger partial charge in [-0.05, 0) is 25.0 Å². The van der Waals surface area contributed by atoms with Crippen molar-refractivity contribution in [2.24, 2.45) is 0 Å². The third kappa shape index (κ3) is 3.80. The van der Waals surface area contributed by atoms with Crippen molar-refractivity contribution in [1.82, 2.24) is 10.1 Å².